The van der Waals surface area contributed by atoms with Gasteiger partial charge in [0.1, 0.15) is 6.04 Å². The molecule has 0 spiro atoms. The maximum absolute atomic E-state index is 12.5. The average Bonchev–Trinajstić information content (AvgIpc) is 2.74. The number of piperidine rings is 1. The zero-order chi connectivity index (χ0) is 13.3. The number of hydrogen-bond donors (Lipinski definition) is 2. The van der Waals surface area contributed by atoms with Crippen LogP contribution in [-0.4, -0.2) is 47.6 Å². The zero-order valence-corrected chi connectivity index (χ0v) is 11.1. The molecule has 2 saturated heterocycles. The molecule has 2 unspecified atom stereocenters. The monoisotopic (exact) mass is 254 g/mol. The first-order valence-corrected chi connectivity index (χ1v) is 6.74. The van der Waals surface area contributed by atoms with Crippen molar-refractivity contribution in [3.8, 4) is 0 Å². The van der Waals surface area contributed by atoms with E-state index in [1.54, 1.807) is 4.90 Å². The van der Waals surface area contributed by atoms with Crippen molar-refractivity contribution in [2.24, 2.45) is 17.8 Å². The second kappa shape index (κ2) is 5.26. The van der Waals surface area contributed by atoms with E-state index in [-0.39, 0.29) is 11.8 Å². The lowest BCUT2D eigenvalue weighted by molar-refractivity contribution is -0.155. The molecule has 5 heteroatoms. The predicted molar refractivity (Wildman–Crippen MR) is 67.1 cm³/mol. The Morgan fingerprint density at radius 3 is 2.56 bits per heavy atom. The number of carbonyl (C=O) groups excluding carboxylic acids is 1. The first-order chi connectivity index (χ1) is 8.50. The Labute approximate surface area is 108 Å². The largest absolute Gasteiger partial charge is 0.480 e. The van der Waals surface area contributed by atoms with Gasteiger partial charge in [-0.2, -0.15) is 0 Å². The molecule has 0 aliphatic carbocycles. The predicted octanol–water partition coefficient (Wildman–Crippen LogP) is 0.554. The summed E-state index contributed by atoms with van der Waals surface area (Å²) in [4.78, 5) is 25.4. The molecule has 5 nitrogen and oxygen atoms in total. The molecule has 2 rings (SSSR count). The number of hydrogen-bond acceptors (Lipinski definition) is 3. The molecule has 1 amide bonds. The quantitative estimate of drug-likeness (QED) is 0.755. The van der Waals surface area contributed by atoms with E-state index in [0.717, 1.165) is 13.0 Å². The Hall–Kier alpha value is -1.10. The highest BCUT2D eigenvalue weighted by Gasteiger charge is 2.40. The van der Waals surface area contributed by atoms with E-state index in [1.165, 1.54) is 0 Å². The molecule has 0 aromatic carbocycles. The first-order valence-electron chi connectivity index (χ1n) is 6.74. The summed E-state index contributed by atoms with van der Waals surface area (Å²) >= 11 is 0. The van der Waals surface area contributed by atoms with Gasteiger partial charge in [-0.25, -0.2) is 4.79 Å². The van der Waals surface area contributed by atoms with Gasteiger partial charge in [0.25, 0.3) is 0 Å². The maximum atomic E-state index is 12.5. The molecule has 2 N–H and O–H groups in total. The van der Waals surface area contributed by atoms with Crippen molar-refractivity contribution in [3.63, 3.8) is 0 Å². The summed E-state index contributed by atoms with van der Waals surface area (Å²) in [7, 11) is 0. The number of rotatable bonds is 2. The van der Waals surface area contributed by atoms with Crippen molar-refractivity contribution in [1.82, 2.24) is 10.2 Å². The standard InChI is InChI=1S/C13H22N2O3/c1-8-3-4-15(11(5-8)13(17)18)12(16)10-7-14-6-9(10)2/h8-11,14H,3-7H2,1-2H3,(H,17,18)/t8?,9-,10-,11?/m1/s1. The third kappa shape index (κ3) is 2.51. The minimum absolute atomic E-state index is 0.0202. The second-order valence-corrected chi connectivity index (χ2v) is 5.76. The number of aliphatic carboxylic acids is 1. The van der Waals surface area contributed by atoms with Crippen LogP contribution in [0.4, 0.5) is 0 Å². The zero-order valence-electron chi connectivity index (χ0n) is 11.1. The SMILES string of the molecule is CC1CCN(C(=O)[C@@H]2CNC[C@H]2C)C(C(=O)O)C1. The van der Waals surface area contributed by atoms with E-state index in [9.17, 15) is 14.7 Å². The molecule has 2 heterocycles. The summed E-state index contributed by atoms with van der Waals surface area (Å²) in [5.74, 6) is -0.221. The van der Waals surface area contributed by atoms with Crippen LogP contribution < -0.4 is 5.32 Å². The summed E-state index contributed by atoms with van der Waals surface area (Å²) in [6.45, 7) is 6.21. The van der Waals surface area contributed by atoms with Crippen LogP contribution >= 0.6 is 0 Å². The normalized spacial score (nSPS) is 36.7. The molecule has 0 bridgehead atoms. The highest BCUT2D eigenvalue weighted by Crippen LogP contribution is 2.27. The number of carboxylic acids is 1. The first kappa shape index (κ1) is 13.3. The number of amides is 1. The van der Waals surface area contributed by atoms with Crippen molar-refractivity contribution >= 4 is 11.9 Å². The van der Waals surface area contributed by atoms with E-state index < -0.39 is 12.0 Å². The van der Waals surface area contributed by atoms with Gasteiger partial charge in [0.2, 0.25) is 5.91 Å². The van der Waals surface area contributed by atoms with Crippen LogP contribution in [0.3, 0.4) is 0 Å². The van der Waals surface area contributed by atoms with E-state index >= 15 is 0 Å². The lowest BCUT2D eigenvalue weighted by Gasteiger charge is -2.37. The van der Waals surface area contributed by atoms with Crippen molar-refractivity contribution in [1.29, 1.82) is 0 Å². The fourth-order valence-corrected chi connectivity index (χ4v) is 2.99. The molecule has 4 atom stereocenters. The molecule has 0 aromatic rings. The van der Waals surface area contributed by atoms with E-state index in [4.69, 9.17) is 0 Å². The molecule has 2 aliphatic rings. The summed E-state index contributed by atoms with van der Waals surface area (Å²) in [5, 5.41) is 12.5. The number of nitrogens with one attached hydrogen (secondary N) is 1. The third-order valence-electron chi connectivity index (χ3n) is 4.27. The molecular formula is C13H22N2O3. The molecule has 18 heavy (non-hydrogen) atoms. The molecule has 2 fully saturated rings. The van der Waals surface area contributed by atoms with Crippen molar-refractivity contribution in [2.75, 3.05) is 19.6 Å². The molecule has 0 radical (unpaired) electrons. The highest BCUT2D eigenvalue weighted by molar-refractivity contribution is 5.85. The van der Waals surface area contributed by atoms with Gasteiger partial charge in [-0.05, 0) is 31.2 Å². The van der Waals surface area contributed by atoms with Crippen molar-refractivity contribution in [2.45, 2.75) is 32.7 Å². The van der Waals surface area contributed by atoms with Gasteiger partial charge < -0.3 is 15.3 Å². The smallest absolute Gasteiger partial charge is 0.326 e. The van der Waals surface area contributed by atoms with E-state index in [2.05, 4.69) is 12.2 Å². The van der Waals surface area contributed by atoms with Gasteiger partial charge in [0, 0.05) is 13.1 Å². The second-order valence-electron chi connectivity index (χ2n) is 5.76. The van der Waals surface area contributed by atoms with Crippen LogP contribution in [0, 0.1) is 17.8 Å². The number of nitrogens with zero attached hydrogens (tertiary/aromatic N) is 1. The Bertz CT molecular complexity index is 345. The summed E-state index contributed by atoms with van der Waals surface area (Å²) < 4.78 is 0. The van der Waals surface area contributed by atoms with Gasteiger partial charge in [-0.1, -0.05) is 13.8 Å². The Morgan fingerprint density at radius 2 is 2.00 bits per heavy atom. The molecule has 102 valence electrons. The topological polar surface area (TPSA) is 69.6 Å². The molecule has 0 aromatic heterocycles. The highest BCUT2D eigenvalue weighted by atomic mass is 16.4. The van der Waals surface area contributed by atoms with E-state index in [1.807, 2.05) is 6.92 Å². The van der Waals surface area contributed by atoms with Crippen LogP contribution in [0.25, 0.3) is 0 Å². The fraction of sp³-hybridized carbons (Fsp3) is 0.846. The molecule has 2 aliphatic heterocycles. The summed E-state index contributed by atoms with van der Waals surface area (Å²) in [6.07, 6.45) is 1.49. The number of carboxylic acid groups (broad SMARTS) is 1. The Kier molecular flexibility index (Phi) is 3.90. The van der Waals surface area contributed by atoms with Gasteiger partial charge in [0.15, 0.2) is 0 Å². The van der Waals surface area contributed by atoms with Gasteiger partial charge in [-0.15, -0.1) is 0 Å². The maximum Gasteiger partial charge on any atom is 0.326 e. The number of carbonyl (C=O) groups is 2. The van der Waals surface area contributed by atoms with Crippen LogP contribution in [0.1, 0.15) is 26.7 Å². The van der Waals surface area contributed by atoms with Crippen molar-refractivity contribution < 1.29 is 14.7 Å². The lowest BCUT2D eigenvalue weighted by Crippen LogP contribution is -2.52. The Morgan fingerprint density at radius 1 is 1.28 bits per heavy atom. The van der Waals surface area contributed by atoms with Crippen LogP contribution in [0.5, 0.6) is 0 Å². The van der Waals surface area contributed by atoms with Gasteiger partial charge in [-0.3, -0.25) is 4.79 Å². The average molecular weight is 254 g/mol. The minimum Gasteiger partial charge on any atom is -0.480 e. The van der Waals surface area contributed by atoms with Crippen LogP contribution in [-0.2, 0) is 9.59 Å². The Balaban J connectivity index is 2.09. The van der Waals surface area contributed by atoms with E-state index in [0.29, 0.717) is 31.3 Å². The third-order valence-corrected chi connectivity index (χ3v) is 4.27. The molecular weight excluding hydrogens is 232 g/mol. The van der Waals surface area contributed by atoms with Gasteiger partial charge >= 0.3 is 5.97 Å². The lowest BCUT2D eigenvalue weighted by atomic mass is 9.89. The van der Waals surface area contributed by atoms with Crippen LogP contribution in [0.2, 0.25) is 0 Å². The molecule has 0 saturated carbocycles. The van der Waals surface area contributed by atoms with Gasteiger partial charge in [0.05, 0.1) is 5.92 Å². The summed E-state index contributed by atoms with van der Waals surface area (Å²) in [5.41, 5.74) is 0. The summed E-state index contributed by atoms with van der Waals surface area (Å²) in [6, 6.07) is -0.631. The fourth-order valence-electron chi connectivity index (χ4n) is 2.99. The van der Waals surface area contributed by atoms with Crippen molar-refractivity contribution in [3.05, 3.63) is 0 Å². The number of likely N-dealkylation sites (tertiary alicyclic amines) is 1. The minimum atomic E-state index is -0.867. The van der Waals surface area contributed by atoms with Crippen LogP contribution in [0.15, 0.2) is 0 Å².